The molecule has 1 aliphatic rings. The molecule has 5 nitrogen and oxygen atoms in total. The van der Waals surface area contributed by atoms with E-state index in [1.54, 1.807) is 12.1 Å². The second-order valence-electron chi connectivity index (χ2n) is 7.40. The standard InChI is InChI=1S/C20H33FN4O.ClH/c1-15(14-22-2)20(26)25(3)11-6-4-5-10-18-13-19(24-23-18)16-8-7-9-17(21)12-16;/h7-9,12,15,18-19,22-24H,4-6,10-11,13-14H2,1-3H3;1H. The minimum absolute atomic E-state index is 0. The molecule has 0 aliphatic carbocycles. The summed E-state index contributed by atoms with van der Waals surface area (Å²) < 4.78 is 13.3. The molecule has 1 heterocycles. The Labute approximate surface area is 168 Å². The van der Waals surface area contributed by atoms with Gasteiger partial charge in [-0.05, 0) is 44.0 Å². The second kappa shape index (κ2) is 12.3. The number of nitrogens with one attached hydrogen (secondary N) is 3. The summed E-state index contributed by atoms with van der Waals surface area (Å²) in [7, 11) is 3.76. The van der Waals surface area contributed by atoms with Crippen molar-refractivity contribution in [1.82, 2.24) is 21.1 Å². The maximum Gasteiger partial charge on any atom is 0.226 e. The predicted molar refractivity (Wildman–Crippen MR) is 110 cm³/mol. The summed E-state index contributed by atoms with van der Waals surface area (Å²) in [5.41, 5.74) is 7.60. The van der Waals surface area contributed by atoms with E-state index in [1.807, 2.05) is 32.0 Å². The van der Waals surface area contributed by atoms with Crippen molar-refractivity contribution < 1.29 is 9.18 Å². The molecule has 0 bridgehead atoms. The van der Waals surface area contributed by atoms with Crippen molar-refractivity contribution in [2.45, 2.75) is 51.1 Å². The van der Waals surface area contributed by atoms with E-state index in [-0.39, 0.29) is 36.1 Å². The molecule has 0 saturated carbocycles. The van der Waals surface area contributed by atoms with Crippen LogP contribution in [0.2, 0.25) is 0 Å². The molecule has 1 amide bonds. The van der Waals surface area contributed by atoms with Crippen molar-refractivity contribution >= 4 is 18.3 Å². The quantitative estimate of drug-likeness (QED) is 0.528. The molecule has 2 rings (SSSR count). The van der Waals surface area contributed by atoms with Gasteiger partial charge in [0.1, 0.15) is 5.82 Å². The van der Waals surface area contributed by atoms with E-state index in [2.05, 4.69) is 16.2 Å². The average molecular weight is 401 g/mol. The molecule has 3 atom stereocenters. The fourth-order valence-electron chi connectivity index (χ4n) is 3.55. The zero-order chi connectivity index (χ0) is 18.9. The molecule has 1 aromatic rings. The summed E-state index contributed by atoms with van der Waals surface area (Å²) in [5, 5.41) is 3.05. The van der Waals surface area contributed by atoms with Crippen molar-refractivity contribution in [1.29, 1.82) is 0 Å². The molecular formula is C20H34ClFN4O. The third-order valence-electron chi connectivity index (χ3n) is 5.09. The Kier molecular flexibility index (Phi) is 10.8. The van der Waals surface area contributed by atoms with Gasteiger partial charge in [-0.3, -0.25) is 15.6 Å². The molecule has 1 saturated heterocycles. The van der Waals surface area contributed by atoms with Crippen LogP contribution in [0.4, 0.5) is 4.39 Å². The normalized spacial score (nSPS) is 20.1. The van der Waals surface area contributed by atoms with Crippen LogP contribution in [0, 0.1) is 11.7 Å². The van der Waals surface area contributed by atoms with Crippen molar-refractivity contribution in [3.05, 3.63) is 35.6 Å². The maximum absolute atomic E-state index is 13.3. The Hall–Kier alpha value is -1.21. The number of benzene rings is 1. The third-order valence-corrected chi connectivity index (χ3v) is 5.09. The lowest BCUT2D eigenvalue weighted by atomic mass is 9.99. The minimum Gasteiger partial charge on any atom is -0.345 e. The molecule has 0 spiro atoms. The molecule has 7 heteroatoms. The summed E-state index contributed by atoms with van der Waals surface area (Å²) >= 11 is 0. The number of hydrazine groups is 1. The van der Waals surface area contributed by atoms with Crippen molar-refractivity contribution in [2.24, 2.45) is 5.92 Å². The molecule has 154 valence electrons. The topological polar surface area (TPSA) is 56.4 Å². The Morgan fingerprint density at radius 2 is 2.11 bits per heavy atom. The lowest BCUT2D eigenvalue weighted by Crippen LogP contribution is -2.36. The molecular weight excluding hydrogens is 367 g/mol. The van der Waals surface area contributed by atoms with Gasteiger partial charge in [-0.2, -0.15) is 0 Å². The SMILES string of the molecule is CNCC(C)C(=O)N(C)CCCCCC1CC(c2cccc(F)c2)NN1.Cl. The highest BCUT2D eigenvalue weighted by atomic mass is 35.5. The lowest BCUT2D eigenvalue weighted by Gasteiger charge is -2.21. The van der Waals surface area contributed by atoms with E-state index in [9.17, 15) is 9.18 Å². The van der Waals surface area contributed by atoms with Crippen LogP contribution in [-0.2, 0) is 4.79 Å². The number of rotatable bonds is 10. The summed E-state index contributed by atoms with van der Waals surface area (Å²) in [4.78, 5) is 14.0. The Morgan fingerprint density at radius 3 is 2.81 bits per heavy atom. The number of nitrogens with zero attached hydrogens (tertiary/aromatic N) is 1. The van der Waals surface area contributed by atoms with Gasteiger partial charge in [-0.15, -0.1) is 12.4 Å². The number of carbonyl (C=O) groups excluding carboxylic acids is 1. The van der Waals surface area contributed by atoms with E-state index in [1.165, 1.54) is 6.07 Å². The van der Waals surface area contributed by atoms with Gasteiger partial charge in [0.15, 0.2) is 0 Å². The van der Waals surface area contributed by atoms with Crippen LogP contribution in [0.3, 0.4) is 0 Å². The molecule has 1 fully saturated rings. The summed E-state index contributed by atoms with van der Waals surface area (Å²) in [6.45, 7) is 3.49. The fourth-order valence-corrected chi connectivity index (χ4v) is 3.55. The minimum atomic E-state index is -0.185. The first kappa shape index (κ1) is 23.8. The predicted octanol–water partition coefficient (Wildman–Crippen LogP) is 3.03. The summed E-state index contributed by atoms with van der Waals surface area (Å²) in [6, 6.07) is 7.39. The van der Waals surface area contributed by atoms with Crippen LogP contribution in [0.1, 0.15) is 50.6 Å². The first-order valence-corrected chi connectivity index (χ1v) is 9.67. The van der Waals surface area contributed by atoms with Crippen molar-refractivity contribution in [3.8, 4) is 0 Å². The molecule has 0 radical (unpaired) electrons. The molecule has 0 aromatic heterocycles. The monoisotopic (exact) mass is 400 g/mol. The number of amides is 1. The van der Waals surface area contributed by atoms with Crippen LogP contribution in [-0.4, -0.2) is 44.0 Å². The smallest absolute Gasteiger partial charge is 0.226 e. The molecule has 1 aliphatic heterocycles. The highest BCUT2D eigenvalue weighted by molar-refractivity contribution is 5.85. The van der Waals surface area contributed by atoms with E-state index in [4.69, 9.17) is 0 Å². The van der Waals surface area contributed by atoms with Crippen molar-refractivity contribution in [2.75, 3.05) is 27.2 Å². The molecule has 3 unspecified atom stereocenters. The van der Waals surface area contributed by atoms with Crippen molar-refractivity contribution in [3.63, 3.8) is 0 Å². The van der Waals surface area contributed by atoms with Gasteiger partial charge in [0.25, 0.3) is 0 Å². The number of unbranched alkanes of at least 4 members (excludes halogenated alkanes) is 2. The van der Waals surface area contributed by atoms with Crippen LogP contribution in [0.5, 0.6) is 0 Å². The largest absolute Gasteiger partial charge is 0.345 e. The number of carbonyl (C=O) groups is 1. The van der Waals surface area contributed by atoms with Gasteiger partial charge in [0.2, 0.25) is 5.91 Å². The van der Waals surface area contributed by atoms with Gasteiger partial charge in [0.05, 0.1) is 0 Å². The molecule has 3 N–H and O–H groups in total. The maximum atomic E-state index is 13.3. The number of hydrogen-bond acceptors (Lipinski definition) is 4. The van der Waals surface area contributed by atoms with E-state index in [0.717, 1.165) is 50.8 Å². The Balaban J connectivity index is 0.00000364. The van der Waals surface area contributed by atoms with Gasteiger partial charge >= 0.3 is 0 Å². The zero-order valence-electron chi connectivity index (χ0n) is 16.6. The van der Waals surface area contributed by atoms with E-state index < -0.39 is 0 Å². The van der Waals surface area contributed by atoms with Gasteiger partial charge in [0, 0.05) is 38.1 Å². The highest BCUT2D eigenvalue weighted by Gasteiger charge is 2.24. The zero-order valence-corrected chi connectivity index (χ0v) is 17.4. The van der Waals surface area contributed by atoms with E-state index in [0.29, 0.717) is 6.04 Å². The summed E-state index contributed by atoms with van der Waals surface area (Å²) in [6.07, 6.45) is 5.34. The van der Waals surface area contributed by atoms with Gasteiger partial charge in [-0.1, -0.05) is 31.9 Å². The van der Waals surface area contributed by atoms with Crippen LogP contribution in [0.15, 0.2) is 24.3 Å². The first-order valence-electron chi connectivity index (χ1n) is 9.67. The molecule has 27 heavy (non-hydrogen) atoms. The van der Waals surface area contributed by atoms with Gasteiger partial charge < -0.3 is 10.2 Å². The Bertz CT molecular complexity index is 575. The van der Waals surface area contributed by atoms with E-state index >= 15 is 0 Å². The third kappa shape index (κ3) is 7.74. The molecule has 1 aromatic carbocycles. The number of hydrogen-bond donors (Lipinski definition) is 3. The fraction of sp³-hybridized carbons (Fsp3) is 0.650. The average Bonchev–Trinajstić information content (AvgIpc) is 3.09. The highest BCUT2D eigenvalue weighted by Crippen LogP contribution is 2.25. The van der Waals surface area contributed by atoms with Crippen LogP contribution >= 0.6 is 12.4 Å². The van der Waals surface area contributed by atoms with Crippen LogP contribution < -0.4 is 16.2 Å². The summed E-state index contributed by atoms with van der Waals surface area (Å²) in [5.74, 6) is 0.0490. The second-order valence-corrected chi connectivity index (χ2v) is 7.40. The Morgan fingerprint density at radius 1 is 1.33 bits per heavy atom. The van der Waals surface area contributed by atoms with Gasteiger partial charge in [-0.25, -0.2) is 4.39 Å². The number of halogens is 2. The van der Waals surface area contributed by atoms with Crippen LogP contribution in [0.25, 0.3) is 0 Å². The first-order chi connectivity index (χ1) is 12.5. The lowest BCUT2D eigenvalue weighted by molar-refractivity contribution is -0.133.